The maximum absolute atomic E-state index is 12.5. The highest BCUT2D eigenvalue weighted by Gasteiger charge is 2.14. The monoisotopic (exact) mass is 386 g/mol. The molecule has 0 radical (unpaired) electrons. The fourth-order valence-corrected chi connectivity index (χ4v) is 2.33. The highest BCUT2D eigenvalue weighted by atomic mass is 35.5. The number of amides is 2. The molecule has 0 bridgehead atoms. The van der Waals surface area contributed by atoms with Gasteiger partial charge in [-0.05, 0) is 42.3 Å². The number of nitrogens with one attached hydrogen (secondary N) is 2. The van der Waals surface area contributed by atoms with Gasteiger partial charge in [-0.1, -0.05) is 41.9 Å². The van der Waals surface area contributed by atoms with Crippen LogP contribution in [0.5, 0.6) is 0 Å². The first-order valence-electron chi connectivity index (χ1n) is 8.29. The number of carbonyl (C=O) groups is 3. The molecule has 2 amide bonds. The Kier molecular flexibility index (Phi) is 7.58. The standard InChI is InChI=1S/C20H19ClN2O4/c21-16-10-8-14(9-11-16)13-17(20(27)22-12-4-7-18(24)25)23-19(26)15-5-2-1-3-6-15/h1-3,5-6,8-11,13H,4,7,12H2,(H,22,27)(H,23,26)(H,24,25)/b17-13-. The number of carboxylic acid groups (broad SMARTS) is 1. The molecule has 0 aromatic heterocycles. The first-order chi connectivity index (χ1) is 13.0. The van der Waals surface area contributed by atoms with Crippen LogP contribution in [0.1, 0.15) is 28.8 Å². The second kappa shape index (κ2) is 10.1. The molecule has 0 saturated carbocycles. The lowest BCUT2D eigenvalue weighted by molar-refractivity contribution is -0.137. The molecule has 2 aromatic rings. The molecule has 3 N–H and O–H groups in total. The fraction of sp³-hybridized carbons (Fsp3) is 0.150. The van der Waals surface area contributed by atoms with E-state index >= 15 is 0 Å². The largest absolute Gasteiger partial charge is 0.481 e. The molecular formula is C20H19ClN2O4. The summed E-state index contributed by atoms with van der Waals surface area (Å²) in [5, 5.41) is 14.4. The van der Waals surface area contributed by atoms with E-state index in [1.807, 2.05) is 0 Å². The SMILES string of the molecule is O=C(O)CCCNC(=O)/C(=C/c1ccc(Cl)cc1)NC(=O)c1ccccc1. The van der Waals surface area contributed by atoms with Gasteiger partial charge < -0.3 is 15.7 Å². The Hall–Kier alpha value is -3.12. The van der Waals surface area contributed by atoms with Gasteiger partial charge in [0.05, 0.1) is 0 Å². The lowest BCUT2D eigenvalue weighted by Crippen LogP contribution is -2.35. The minimum atomic E-state index is -0.932. The second-order valence-electron chi connectivity index (χ2n) is 5.68. The number of halogens is 1. The van der Waals surface area contributed by atoms with Gasteiger partial charge in [0.2, 0.25) is 0 Å². The van der Waals surface area contributed by atoms with Crippen molar-refractivity contribution in [1.82, 2.24) is 10.6 Å². The van der Waals surface area contributed by atoms with Gasteiger partial charge in [0.25, 0.3) is 11.8 Å². The third-order valence-electron chi connectivity index (χ3n) is 3.56. The summed E-state index contributed by atoms with van der Waals surface area (Å²) in [7, 11) is 0. The van der Waals surface area contributed by atoms with E-state index in [9.17, 15) is 14.4 Å². The van der Waals surface area contributed by atoms with E-state index in [-0.39, 0.29) is 18.7 Å². The van der Waals surface area contributed by atoms with Crippen LogP contribution in [0.3, 0.4) is 0 Å². The van der Waals surface area contributed by atoms with Gasteiger partial charge in [-0.15, -0.1) is 0 Å². The predicted octanol–water partition coefficient (Wildman–Crippen LogP) is 3.09. The number of benzene rings is 2. The molecule has 7 heteroatoms. The summed E-state index contributed by atoms with van der Waals surface area (Å²) in [6, 6.07) is 15.3. The van der Waals surface area contributed by atoms with Crippen LogP contribution in [0, 0.1) is 0 Å². The molecule has 0 aliphatic rings. The van der Waals surface area contributed by atoms with Crippen LogP contribution >= 0.6 is 11.6 Å². The Morgan fingerprint density at radius 3 is 2.30 bits per heavy atom. The summed E-state index contributed by atoms with van der Waals surface area (Å²) in [5.41, 5.74) is 1.16. The summed E-state index contributed by atoms with van der Waals surface area (Å²) in [6.07, 6.45) is 1.78. The molecule has 0 heterocycles. The van der Waals surface area contributed by atoms with E-state index < -0.39 is 17.8 Å². The van der Waals surface area contributed by atoms with Crippen molar-refractivity contribution in [3.63, 3.8) is 0 Å². The van der Waals surface area contributed by atoms with Crippen molar-refractivity contribution in [2.45, 2.75) is 12.8 Å². The van der Waals surface area contributed by atoms with Crippen LogP contribution in [0.25, 0.3) is 6.08 Å². The number of carbonyl (C=O) groups excluding carboxylic acids is 2. The van der Waals surface area contributed by atoms with E-state index in [1.54, 1.807) is 54.6 Å². The van der Waals surface area contributed by atoms with Crippen LogP contribution in [0.15, 0.2) is 60.3 Å². The van der Waals surface area contributed by atoms with Crippen molar-refractivity contribution < 1.29 is 19.5 Å². The quantitative estimate of drug-likeness (QED) is 0.480. The van der Waals surface area contributed by atoms with Gasteiger partial charge in [0.15, 0.2) is 0 Å². The average Bonchev–Trinajstić information content (AvgIpc) is 2.66. The second-order valence-corrected chi connectivity index (χ2v) is 6.12. The molecule has 140 valence electrons. The maximum atomic E-state index is 12.5. The van der Waals surface area contributed by atoms with Gasteiger partial charge in [0.1, 0.15) is 5.70 Å². The zero-order chi connectivity index (χ0) is 19.6. The van der Waals surface area contributed by atoms with Gasteiger partial charge >= 0.3 is 5.97 Å². The van der Waals surface area contributed by atoms with Gasteiger partial charge in [-0.25, -0.2) is 0 Å². The van der Waals surface area contributed by atoms with Crippen molar-refractivity contribution in [3.8, 4) is 0 Å². The molecule has 2 aromatic carbocycles. The molecule has 0 aliphatic carbocycles. The summed E-state index contributed by atoms with van der Waals surface area (Å²) in [5.74, 6) is -1.85. The van der Waals surface area contributed by atoms with E-state index in [0.717, 1.165) is 0 Å². The van der Waals surface area contributed by atoms with Crippen LogP contribution < -0.4 is 10.6 Å². The first kappa shape index (κ1) is 20.2. The number of aliphatic carboxylic acids is 1. The third-order valence-corrected chi connectivity index (χ3v) is 3.81. The Bertz CT molecular complexity index is 833. The molecule has 2 rings (SSSR count). The highest BCUT2D eigenvalue weighted by Crippen LogP contribution is 2.12. The number of hydrogen-bond acceptors (Lipinski definition) is 3. The summed E-state index contributed by atoms with van der Waals surface area (Å²) in [4.78, 5) is 35.4. The minimum absolute atomic E-state index is 0.0487. The van der Waals surface area contributed by atoms with E-state index in [4.69, 9.17) is 16.7 Å². The molecule has 0 atom stereocenters. The normalized spacial score (nSPS) is 10.9. The highest BCUT2D eigenvalue weighted by molar-refractivity contribution is 6.30. The summed E-state index contributed by atoms with van der Waals surface area (Å²) < 4.78 is 0. The third kappa shape index (κ3) is 6.95. The van der Waals surface area contributed by atoms with Crippen molar-refractivity contribution in [2.75, 3.05) is 6.54 Å². The van der Waals surface area contributed by atoms with Crippen LogP contribution in [0.4, 0.5) is 0 Å². The van der Waals surface area contributed by atoms with Crippen LogP contribution in [-0.2, 0) is 9.59 Å². The average molecular weight is 387 g/mol. The van der Waals surface area contributed by atoms with Crippen molar-refractivity contribution in [2.24, 2.45) is 0 Å². The van der Waals surface area contributed by atoms with E-state index in [2.05, 4.69) is 10.6 Å². The van der Waals surface area contributed by atoms with Gasteiger partial charge in [-0.2, -0.15) is 0 Å². The molecule has 0 unspecified atom stereocenters. The number of carboxylic acids is 1. The molecule has 0 aliphatic heterocycles. The van der Waals surface area contributed by atoms with Gasteiger partial charge in [0, 0.05) is 23.6 Å². The number of hydrogen-bond donors (Lipinski definition) is 3. The van der Waals surface area contributed by atoms with Crippen LogP contribution in [-0.4, -0.2) is 29.4 Å². The number of rotatable bonds is 8. The lowest BCUT2D eigenvalue weighted by atomic mass is 10.1. The first-order valence-corrected chi connectivity index (χ1v) is 8.67. The Labute approximate surface area is 161 Å². The molecule has 0 fully saturated rings. The molecular weight excluding hydrogens is 368 g/mol. The molecule has 0 spiro atoms. The smallest absolute Gasteiger partial charge is 0.303 e. The zero-order valence-corrected chi connectivity index (χ0v) is 15.2. The van der Waals surface area contributed by atoms with E-state index in [0.29, 0.717) is 22.6 Å². The summed E-state index contributed by atoms with van der Waals surface area (Å²) >= 11 is 5.87. The zero-order valence-electron chi connectivity index (χ0n) is 14.4. The van der Waals surface area contributed by atoms with Crippen molar-refractivity contribution in [3.05, 3.63) is 76.4 Å². The molecule has 0 saturated heterocycles. The molecule has 27 heavy (non-hydrogen) atoms. The molecule has 6 nitrogen and oxygen atoms in total. The fourth-order valence-electron chi connectivity index (χ4n) is 2.20. The topological polar surface area (TPSA) is 95.5 Å². The van der Waals surface area contributed by atoms with Gasteiger partial charge in [-0.3, -0.25) is 14.4 Å². The Morgan fingerprint density at radius 1 is 1.00 bits per heavy atom. The predicted molar refractivity (Wildman–Crippen MR) is 103 cm³/mol. The summed E-state index contributed by atoms with van der Waals surface area (Å²) in [6.45, 7) is 0.185. The van der Waals surface area contributed by atoms with E-state index in [1.165, 1.54) is 6.08 Å². The van der Waals surface area contributed by atoms with Crippen molar-refractivity contribution in [1.29, 1.82) is 0 Å². The Balaban J connectivity index is 2.14. The minimum Gasteiger partial charge on any atom is -0.481 e. The van der Waals surface area contributed by atoms with Crippen LogP contribution in [0.2, 0.25) is 5.02 Å². The van der Waals surface area contributed by atoms with Crippen molar-refractivity contribution >= 4 is 35.5 Å². The Morgan fingerprint density at radius 2 is 1.67 bits per heavy atom. The maximum Gasteiger partial charge on any atom is 0.303 e. The lowest BCUT2D eigenvalue weighted by Gasteiger charge is -2.11.